The van der Waals surface area contributed by atoms with Gasteiger partial charge in [0.05, 0.1) is 5.69 Å². The Morgan fingerprint density at radius 2 is 1.84 bits per heavy atom. The van der Waals surface area contributed by atoms with Gasteiger partial charge < -0.3 is 10.2 Å². The summed E-state index contributed by atoms with van der Waals surface area (Å²) in [5.74, 6) is -0.388. The fourth-order valence-electron chi connectivity index (χ4n) is 2.76. The number of hydrogen-bond acceptors (Lipinski definition) is 2. The molecule has 1 aromatic rings. The smallest absolute Gasteiger partial charge is 0.227 e. The van der Waals surface area contributed by atoms with Crippen LogP contribution in [0.4, 0.5) is 10.1 Å². The van der Waals surface area contributed by atoms with E-state index in [0.29, 0.717) is 0 Å². The molecule has 0 atom stereocenters. The molecule has 1 aliphatic carbocycles. The van der Waals surface area contributed by atoms with Gasteiger partial charge in [-0.2, -0.15) is 0 Å². The molecular weight excluding hydrogens is 243 g/mol. The van der Waals surface area contributed by atoms with Crippen molar-refractivity contribution in [2.45, 2.75) is 31.7 Å². The van der Waals surface area contributed by atoms with Crippen LogP contribution in [0, 0.1) is 11.7 Å². The van der Waals surface area contributed by atoms with Gasteiger partial charge in [-0.15, -0.1) is 0 Å². The first-order chi connectivity index (χ1) is 9.24. The normalized spacial score (nSPS) is 21.3. The highest BCUT2D eigenvalue weighted by atomic mass is 19.1. The summed E-state index contributed by atoms with van der Waals surface area (Å²) in [4.78, 5) is 14.6. The molecule has 4 heteroatoms. The Balaban J connectivity index is 1.55. The molecule has 1 amide bonds. The number of amides is 1. The highest BCUT2D eigenvalue weighted by molar-refractivity contribution is 5.92. The van der Waals surface area contributed by atoms with Gasteiger partial charge in [-0.05, 0) is 50.9 Å². The molecular formula is C15H19FN2O. The number of halogens is 1. The van der Waals surface area contributed by atoms with E-state index >= 15 is 0 Å². The summed E-state index contributed by atoms with van der Waals surface area (Å²) in [6.07, 6.45) is 4.39. The van der Waals surface area contributed by atoms with E-state index in [4.69, 9.17) is 0 Å². The van der Waals surface area contributed by atoms with Gasteiger partial charge in [0.15, 0.2) is 0 Å². The Kier molecular flexibility index (Phi) is 3.51. The van der Waals surface area contributed by atoms with E-state index in [-0.39, 0.29) is 23.3 Å². The van der Waals surface area contributed by atoms with E-state index in [1.807, 2.05) is 0 Å². The van der Waals surface area contributed by atoms with Crippen molar-refractivity contribution in [3.05, 3.63) is 30.1 Å². The first kappa shape index (κ1) is 12.6. The number of piperidine rings is 1. The van der Waals surface area contributed by atoms with Crippen LogP contribution < -0.4 is 5.32 Å². The molecule has 1 saturated carbocycles. The van der Waals surface area contributed by atoms with Crippen LogP contribution in [0.1, 0.15) is 25.7 Å². The Morgan fingerprint density at radius 3 is 2.47 bits per heavy atom. The largest absolute Gasteiger partial charge is 0.323 e. The van der Waals surface area contributed by atoms with Crippen LogP contribution in [-0.2, 0) is 4.79 Å². The molecule has 0 radical (unpaired) electrons. The van der Waals surface area contributed by atoms with Crippen LogP contribution in [0.3, 0.4) is 0 Å². The molecule has 0 unspecified atom stereocenters. The second-order valence-electron chi connectivity index (χ2n) is 5.51. The molecule has 3 rings (SSSR count). The summed E-state index contributed by atoms with van der Waals surface area (Å²) in [5, 5.41) is 2.71. The van der Waals surface area contributed by atoms with E-state index in [1.165, 1.54) is 18.9 Å². The molecule has 0 spiro atoms. The van der Waals surface area contributed by atoms with Crippen LogP contribution >= 0.6 is 0 Å². The lowest BCUT2D eigenvalue weighted by atomic mass is 9.95. The summed E-state index contributed by atoms with van der Waals surface area (Å²) in [6, 6.07) is 7.10. The molecule has 1 heterocycles. The predicted octanol–water partition coefficient (Wildman–Crippen LogP) is 2.64. The van der Waals surface area contributed by atoms with Crippen molar-refractivity contribution >= 4 is 11.6 Å². The maximum absolute atomic E-state index is 13.5. The Hall–Kier alpha value is -1.42. The monoisotopic (exact) mass is 262 g/mol. The van der Waals surface area contributed by atoms with Gasteiger partial charge in [-0.3, -0.25) is 4.79 Å². The maximum atomic E-state index is 13.5. The van der Waals surface area contributed by atoms with E-state index in [0.717, 1.165) is 32.0 Å². The van der Waals surface area contributed by atoms with Crippen molar-refractivity contribution in [3.63, 3.8) is 0 Å². The van der Waals surface area contributed by atoms with E-state index < -0.39 is 0 Å². The lowest BCUT2D eigenvalue weighted by Gasteiger charge is -2.31. The third-order valence-electron chi connectivity index (χ3n) is 4.10. The molecule has 1 aliphatic heterocycles. The van der Waals surface area contributed by atoms with Crippen molar-refractivity contribution in [2.75, 3.05) is 18.4 Å². The van der Waals surface area contributed by atoms with Gasteiger partial charge in [0.25, 0.3) is 0 Å². The quantitative estimate of drug-likeness (QED) is 0.908. The summed E-state index contributed by atoms with van der Waals surface area (Å²) in [5.41, 5.74) is 0.289. The minimum absolute atomic E-state index is 0.0228. The lowest BCUT2D eigenvalue weighted by Crippen LogP contribution is -2.39. The van der Waals surface area contributed by atoms with Gasteiger partial charge in [0.2, 0.25) is 5.91 Å². The van der Waals surface area contributed by atoms with Gasteiger partial charge in [0.1, 0.15) is 5.82 Å². The number of likely N-dealkylation sites (tertiary alicyclic amines) is 1. The Morgan fingerprint density at radius 1 is 1.16 bits per heavy atom. The topological polar surface area (TPSA) is 32.3 Å². The SMILES string of the molecule is O=C(Nc1ccccc1F)C1CCN(C2CC2)CC1. The van der Waals surface area contributed by atoms with Crippen molar-refractivity contribution in [3.8, 4) is 0 Å². The average molecular weight is 262 g/mol. The molecule has 0 bridgehead atoms. The van der Waals surface area contributed by atoms with Crippen LogP contribution in [0.5, 0.6) is 0 Å². The first-order valence-corrected chi connectivity index (χ1v) is 7.03. The molecule has 19 heavy (non-hydrogen) atoms. The number of carbonyl (C=O) groups excluding carboxylic acids is 1. The van der Waals surface area contributed by atoms with Gasteiger partial charge in [-0.1, -0.05) is 12.1 Å². The van der Waals surface area contributed by atoms with Crippen LogP contribution in [0.25, 0.3) is 0 Å². The van der Waals surface area contributed by atoms with Crippen molar-refractivity contribution in [1.29, 1.82) is 0 Å². The number of carbonyl (C=O) groups is 1. The van der Waals surface area contributed by atoms with Crippen LogP contribution in [0.15, 0.2) is 24.3 Å². The minimum Gasteiger partial charge on any atom is -0.323 e. The van der Waals surface area contributed by atoms with Crippen molar-refractivity contribution in [1.82, 2.24) is 4.90 Å². The standard InChI is InChI=1S/C15H19FN2O/c16-13-3-1-2-4-14(13)17-15(19)11-7-9-18(10-8-11)12-5-6-12/h1-4,11-12H,5-10H2,(H,17,19). The fourth-order valence-corrected chi connectivity index (χ4v) is 2.76. The highest BCUT2D eigenvalue weighted by Gasteiger charge is 2.33. The van der Waals surface area contributed by atoms with Gasteiger partial charge in [0, 0.05) is 12.0 Å². The molecule has 1 saturated heterocycles. The zero-order chi connectivity index (χ0) is 13.2. The fraction of sp³-hybridized carbons (Fsp3) is 0.533. The second-order valence-corrected chi connectivity index (χ2v) is 5.51. The number of benzene rings is 1. The number of nitrogens with one attached hydrogen (secondary N) is 1. The third kappa shape index (κ3) is 2.95. The zero-order valence-corrected chi connectivity index (χ0v) is 10.9. The van der Waals surface area contributed by atoms with Crippen LogP contribution in [0.2, 0.25) is 0 Å². The minimum atomic E-state index is -0.369. The molecule has 1 N–H and O–H groups in total. The predicted molar refractivity (Wildman–Crippen MR) is 72.3 cm³/mol. The van der Waals surface area contributed by atoms with Crippen molar-refractivity contribution < 1.29 is 9.18 Å². The number of hydrogen-bond donors (Lipinski definition) is 1. The van der Waals surface area contributed by atoms with Gasteiger partial charge in [-0.25, -0.2) is 4.39 Å². The zero-order valence-electron chi connectivity index (χ0n) is 10.9. The average Bonchev–Trinajstić information content (AvgIpc) is 3.26. The lowest BCUT2D eigenvalue weighted by molar-refractivity contribution is -0.121. The second kappa shape index (κ2) is 5.29. The maximum Gasteiger partial charge on any atom is 0.227 e. The summed E-state index contributed by atoms with van der Waals surface area (Å²) in [6.45, 7) is 2.00. The van der Waals surface area contributed by atoms with E-state index in [1.54, 1.807) is 18.2 Å². The summed E-state index contributed by atoms with van der Waals surface area (Å²) >= 11 is 0. The Labute approximate surface area is 112 Å². The van der Waals surface area contributed by atoms with E-state index in [9.17, 15) is 9.18 Å². The molecule has 3 nitrogen and oxygen atoms in total. The number of rotatable bonds is 3. The summed E-state index contributed by atoms with van der Waals surface area (Å²) < 4.78 is 13.5. The highest BCUT2D eigenvalue weighted by Crippen LogP contribution is 2.31. The number of anilines is 1. The van der Waals surface area contributed by atoms with E-state index in [2.05, 4.69) is 10.2 Å². The Bertz CT molecular complexity index is 465. The summed E-state index contributed by atoms with van der Waals surface area (Å²) in [7, 11) is 0. The molecule has 2 fully saturated rings. The number of para-hydroxylation sites is 1. The third-order valence-corrected chi connectivity index (χ3v) is 4.10. The first-order valence-electron chi connectivity index (χ1n) is 7.03. The number of nitrogens with zero attached hydrogens (tertiary/aromatic N) is 1. The molecule has 102 valence electrons. The van der Waals surface area contributed by atoms with Crippen molar-refractivity contribution in [2.24, 2.45) is 5.92 Å². The van der Waals surface area contributed by atoms with Crippen LogP contribution in [-0.4, -0.2) is 29.9 Å². The molecule has 0 aromatic heterocycles. The molecule has 2 aliphatic rings. The van der Waals surface area contributed by atoms with Gasteiger partial charge >= 0.3 is 0 Å². The molecule has 1 aromatic carbocycles.